The molecule has 0 fully saturated rings. The molecule has 0 bridgehead atoms. The Balaban J connectivity index is 2.00. The molecule has 1 unspecified atom stereocenters. The van der Waals surface area contributed by atoms with Crippen molar-refractivity contribution in [2.45, 2.75) is 12.8 Å². The maximum atomic E-state index is 13.1. The van der Waals surface area contributed by atoms with Gasteiger partial charge >= 0.3 is 0 Å². The summed E-state index contributed by atoms with van der Waals surface area (Å²) in [7, 11) is 0. The number of anilines is 1. The second kappa shape index (κ2) is 8.87. The van der Waals surface area contributed by atoms with E-state index in [-0.39, 0.29) is 11.7 Å². The zero-order chi connectivity index (χ0) is 20.1. The van der Waals surface area contributed by atoms with Crippen molar-refractivity contribution in [1.82, 2.24) is 0 Å². The van der Waals surface area contributed by atoms with Crippen molar-refractivity contribution in [3.8, 4) is 6.07 Å². The van der Waals surface area contributed by atoms with Crippen molar-refractivity contribution < 1.29 is 9.59 Å². The first kappa shape index (κ1) is 19.9. The summed E-state index contributed by atoms with van der Waals surface area (Å²) in [5, 5.41) is 15.1. The molecule has 2 atom stereocenters. The lowest BCUT2D eigenvalue weighted by atomic mass is 9.80. The van der Waals surface area contributed by atoms with Gasteiger partial charge in [0.25, 0.3) is 0 Å². The highest BCUT2D eigenvalue weighted by atomic mass is 32.2. The first-order chi connectivity index (χ1) is 13.5. The van der Waals surface area contributed by atoms with Gasteiger partial charge < -0.3 is 11.1 Å². The van der Waals surface area contributed by atoms with E-state index in [4.69, 9.17) is 5.73 Å². The van der Waals surface area contributed by atoms with Crippen LogP contribution in [0.4, 0.5) is 5.69 Å². The molecule has 1 aromatic heterocycles. The van der Waals surface area contributed by atoms with Crippen LogP contribution < -0.4 is 11.1 Å². The molecule has 2 aromatic rings. The van der Waals surface area contributed by atoms with Crippen LogP contribution in [0.15, 0.2) is 63.4 Å². The number of amides is 2. The van der Waals surface area contributed by atoms with E-state index in [0.717, 1.165) is 16.6 Å². The lowest BCUT2D eigenvalue weighted by molar-refractivity contribution is -0.118. The first-order valence-electron chi connectivity index (χ1n) is 8.51. The number of carbonyl (C=O) groups is 2. The van der Waals surface area contributed by atoms with Crippen molar-refractivity contribution in [2.75, 3.05) is 11.1 Å². The number of para-hydroxylation sites is 1. The lowest BCUT2D eigenvalue weighted by Crippen LogP contribution is -2.36. The molecule has 28 heavy (non-hydrogen) atoms. The van der Waals surface area contributed by atoms with Crippen molar-refractivity contribution in [3.63, 3.8) is 0 Å². The molecule has 3 N–H and O–H groups in total. The van der Waals surface area contributed by atoms with Crippen LogP contribution in [0.5, 0.6) is 0 Å². The maximum absolute atomic E-state index is 13.1. The number of benzene rings is 1. The molecule has 6 nitrogen and oxygen atoms in total. The van der Waals surface area contributed by atoms with Crippen molar-refractivity contribution in [1.29, 1.82) is 5.26 Å². The number of thiophene rings is 1. The molecule has 8 heteroatoms. The van der Waals surface area contributed by atoms with Crippen LogP contribution in [0.25, 0.3) is 0 Å². The number of nitrogens with zero attached hydrogens (tertiary/aromatic N) is 2. The summed E-state index contributed by atoms with van der Waals surface area (Å²) in [5.41, 5.74) is 6.91. The summed E-state index contributed by atoms with van der Waals surface area (Å²) in [6.07, 6.45) is 0. The van der Waals surface area contributed by atoms with Gasteiger partial charge in [-0.1, -0.05) is 36.0 Å². The van der Waals surface area contributed by atoms with Crippen molar-refractivity contribution in [2.24, 2.45) is 16.6 Å². The minimum atomic E-state index is -0.619. The highest BCUT2D eigenvalue weighted by molar-refractivity contribution is 8.03. The third kappa shape index (κ3) is 4.32. The molecule has 3 rings (SSSR count). The monoisotopic (exact) mass is 410 g/mol. The van der Waals surface area contributed by atoms with Gasteiger partial charge in [-0.3, -0.25) is 9.59 Å². The average molecular weight is 411 g/mol. The van der Waals surface area contributed by atoms with Gasteiger partial charge in [-0.15, -0.1) is 11.3 Å². The first-order valence-corrected chi connectivity index (χ1v) is 10.4. The van der Waals surface area contributed by atoms with E-state index in [9.17, 15) is 14.9 Å². The maximum Gasteiger partial charge on any atom is 0.234 e. The van der Waals surface area contributed by atoms with Crippen molar-refractivity contribution in [3.05, 3.63) is 63.3 Å². The Bertz CT molecular complexity index is 975. The lowest BCUT2D eigenvalue weighted by Gasteiger charge is -2.30. The summed E-state index contributed by atoms with van der Waals surface area (Å²) >= 11 is 2.61. The SMILES string of the molecule is CC1=NC(SCC(N)=O)=C(C#N)[C@H](c2cccs2)C1C(=O)Nc1ccccc1. The molecule has 1 aromatic carbocycles. The summed E-state index contributed by atoms with van der Waals surface area (Å²) in [6, 6.07) is 15.2. The summed E-state index contributed by atoms with van der Waals surface area (Å²) < 4.78 is 0. The van der Waals surface area contributed by atoms with E-state index in [1.807, 2.05) is 47.8 Å². The Hall–Kier alpha value is -2.89. The second-order valence-electron chi connectivity index (χ2n) is 6.16. The Kier molecular flexibility index (Phi) is 6.29. The van der Waals surface area contributed by atoms with Crippen LogP contribution >= 0.6 is 23.1 Å². The van der Waals surface area contributed by atoms with E-state index in [1.165, 1.54) is 11.3 Å². The largest absolute Gasteiger partial charge is 0.369 e. The van der Waals surface area contributed by atoms with Gasteiger partial charge in [0.05, 0.1) is 23.3 Å². The van der Waals surface area contributed by atoms with Gasteiger partial charge in [0.1, 0.15) is 5.03 Å². The third-order valence-corrected chi connectivity index (χ3v) is 6.22. The topological polar surface area (TPSA) is 108 Å². The van der Waals surface area contributed by atoms with Crippen LogP contribution in [-0.2, 0) is 9.59 Å². The van der Waals surface area contributed by atoms with E-state index in [0.29, 0.717) is 22.0 Å². The Morgan fingerprint density at radius 3 is 2.64 bits per heavy atom. The number of rotatable bonds is 6. The predicted molar refractivity (Wildman–Crippen MR) is 113 cm³/mol. The number of nitrogens with two attached hydrogens (primary N) is 1. The molecule has 0 radical (unpaired) electrons. The number of nitriles is 1. The molecule has 0 saturated heterocycles. The van der Waals surface area contributed by atoms with Crippen LogP contribution in [-0.4, -0.2) is 23.3 Å². The van der Waals surface area contributed by atoms with E-state index in [1.54, 1.807) is 6.92 Å². The number of aliphatic imine (C=N–C) groups is 1. The molecule has 142 valence electrons. The normalized spacial score (nSPS) is 18.9. The fraction of sp³-hybridized carbons (Fsp3) is 0.200. The molecule has 1 aliphatic heterocycles. The number of primary amides is 1. The smallest absolute Gasteiger partial charge is 0.234 e. The predicted octanol–water partition coefficient (Wildman–Crippen LogP) is 3.51. The van der Waals surface area contributed by atoms with E-state index < -0.39 is 17.7 Å². The molecule has 1 aliphatic rings. The van der Waals surface area contributed by atoms with Crippen LogP contribution in [0.2, 0.25) is 0 Å². The number of hydrogen-bond donors (Lipinski definition) is 2. The van der Waals surface area contributed by atoms with Gasteiger partial charge in [-0.05, 0) is 30.5 Å². The molecule has 0 spiro atoms. The minimum absolute atomic E-state index is 0.0231. The summed E-state index contributed by atoms with van der Waals surface area (Å²) in [5.74, 6) is -1.76. The van der Waals surface area contributed by atoms with Gasteiger partial charge in [0.2, 0.25) is 11.8 Å². The summed E-state index contributed by atoms with van der Waals surface area (Å²) in [4.78, 5) is 29.7. The van der Waals surface area contributed by atoms with Gasteiger partial charge in [0, 0.05) is 22.2 Å². The molecular formula is C20H18N4O2S2. The Morgan fingerprint density at radius 1 is 1.29 bits per heavy atom. The fourth-order valence-electron chi connectivity index (χ4n) is 3.06. The Labute approximate surface area is 171 Å². The van der Waals surface area contributed by atoms with Crippen LogP contribution in [0.1, 0.15) is 17.7 Å². The van der Waals surface area contributed by atoms with Crippen LogP contribution in [0, 0.1) is 17.2 Å². The zero-order valence-electron chi connectivity index (χ0n) is 15.1. The fourth-order valence-corrected chi connectivity index (χ4v) is 4.74. The third-order valence-electron chi connectivity index (χ3n) is 4.25. The highest BCUT2D eigenvalue weighted by Crippen LogP contribution is 2.43. The Morgan fingerprint density at radius 2 is 2.04 bits per heavy atom. The van der Waals surface area contributed by atoms with E-state index in [2.05, 4.69) is 16.4 Å². The molecule has 0 saturated carbocycles. The number of hydrogen-bond acceptors (Lipinski definition) is 6. The number of thioether (sulfide) groups is 1. The van der Waals surface area contributed by atoms with Gasteiger partial charge in [0.15, 0.2) is 0 Å². The molecule has 2 heterocycles. The number of allylic oxidation sites excluding steroid dienone is 1. The number of nitrogens with one attached hydrogen (secondary N) is 1. The minimum Gasteiger partial charge on any atom is -0.369 e. The van der Waals surface area contributed by atoms with E-state index >= 15 is 0 Å². The van der Waals surface area contributed by atoms with Gasteiger partial charge in [-0.2, -0.15) is 5.26 Å². The second-order valence-corrected chi connectivity index (χ2v) is 8.11. The summed E-state index contributed by atoms with van der Waals surface area (Å²) in [6.45, 7) is 1.77. The standard InChI is InChI=1S/C20H18N4O2S2/c1-12-17(19(26)24-13-6-3-2-4-7-13)18(15-8-5-9-27-15)14(10-21)20(23-12)28-11-16(22)25/h2-9,17-18H,11H2,1H3,(H2,22,25)(H,24,26)/t17?,18-/m1/s1. The van der Waals surface area contributed by atoms with Crippen LogP contribution in [0.3, 0.4) is 0 Å². The molecular weight excluding hydrogens is 392 g/mol. The highest BCUT2D eigenvalue weighted by Gasteiger charge is 2.40. The molecule has 2 amide bonds. The van der Waals surface area contributed by atoms with Gasteiger partial charge in [-0.25, -0.2) is 4.99 Å². The zero-order valence-corrected chi connectivity index (χ0v) is 16.7. The number of carbonyl (C=O) groups excluding carboxylic acids is 2. The molecule has 0 aliphatic carbocycles. The van der Waals surface area contributed by atoms with Crippen molar-refractivity contribution >= 4 is 46.3 Å². The quantitative estimate of drug-likeness (QED) is 0.759. The average Bonchev–Trinajstić information content (AvgIpc) is 3.20.